The zero-order valence-corrected chi connectivity index (χ0v) is 7.69. The highest BCUT2D eigenvalue weighted by molar-refractivity contribution is 14.1. The second kappa shape index (κ2) is 5.11. The minimum atomic E-state index is 0.911. The molecule has 0 bridgehead atoms. The van der Waals surface area contributed by atoms with Crippen molar-refractivity contribution in [3.05, 3.63) is 11.4 Å². The molecule has 0 aromatic rings. The Labute approximate surface area is 61.0 Å². The summed E-state index contributed by atoms with van der Waals surface area (Å²) in [5.74, 6) is 0. The smallest absolute Gasteiger partial charge is 0.151 e. The molecule has 0 aliphatic carbocycles. The molecule has 0 rings (SSSR count). The van der Waals surface area contributed by atoms with E-state index in [-0.39, 0.29) is 0 Å². The molecule has 3 heteroatoms. The van der Waals surface area contributed by atoms with Gasteiger partial charge >= 0.3 is 0 Å². The second-order valence-electron chi connectivity index (χ2n) is 1.23. The number of halogens is 1. The molecule has 7 heavy (non-hydrogen) atoms. The van der Waals surface area contributed by atoms with Crippen LogP contribution in [0.2, 0.25) is 0 Å². The van der Waals surface area contributed by atoms with E-state index in [4.69, 9.17) is 0 Å². The van der Waals surface area contributed by atoms with Crippen molar-refractivity contribution < 1.29 is 0 Å². The van der Waals surface area contributed by atoms with Crippen LogP contribution in [0.1, 0.15) is 13.8 Å². The van der Waals surface area contributed by atoms with Crippen LogP contribution in [0.25, 0.3) is 0 Å². The van der Waals surface area contributed by atoms with E-state index in [1.165, 1.54) is 5.31 Å². The monoisotopic (exact) mass is 225 g/mol. The lowest BCUT2D eigenvalue weighted by molar-refractivity contribution is 1.60. The topological polar surface area (TPSA) is 0 Å². The highest BCUT2D eigenvalue weighted by Crippen LogP contribution is 2.21. The van der Waals surface area contributed by atoms with Gasteiger partial charge in [0.25, 0.3) is 0 Å². The van der Waals surface area contributed by atoms with Crippen LogP contribution >= 0.6 is 30.8 Å². The normalized spacial score (nSPS) is 13.3. The van der Waals surface area contributed by atoms with Crippen molar-refractivity contribution in [1.82, 2.24) is 0 Å². The molecule has 0 aliphatic heterocycles. The maximum Gasteiger partial charge on any atom is 0.234 e. The van der Waals surface area contributed by atoms with E-state index in [9.17, 15) is 0 Å². The Balaban J connectivity index is 3.17. The second-order valence-corrected chi connectivity index (χ2v) is 4.39. The summed E-state index contributed by atoms with van der Waals surface area (Å²) in [6.45, 7) is 4.22. The third kappa shape index (κ3) is 4.83. The van der Waals surface area contributed by atoms with Crippen molar-refractivity contribution in [2.24, 2.45) is 0 Å². The van der Waals surface area contributed by atoms with E-state index in [2.05, 4.69) is 47.2 Å². The number of hydrogen-bond acceptors (Lipinski definition) is 0. The molecule has 0 saturated heterocycles. The zero-order chi connectivity index (χ0) is 5.70. The van der Waals surface area contributed by atoms with Crippen molar-refractivity contribution in [3.63, 3.8) is 0 Å². The summed E-state index contributed by atoms with van der Waals surface area (Å²) in [5.41, 5.74) is 0. The standard InChI is InChI=1S/C4H8BIP/c1-3-4(2)7-5-6/h3,7H,1-2H3/b4-3+. The lowest BCUT2D eigenvalue weighted by Gasteiger charge is -1.89. The molecule has 0 saturated carbocycles. The molecule has 0 heterocycles. The molecule has 0 aliphatic rings. The van der Waals surface area contributed by atoms with Crippen LogP contribution in [-0.4, -0.2) is 4.86 Å². The van der Waals surface area contributed by atoms with Crippen LogP contribution in [0.15, 0.2) is 11.4 Å². The summed E-state index contributed by atoms with van der Waals surface area (Å²) in [6, 6.07) is 0. The van der Waals surface area contributed by atoms with Gasteiger partial charge in [0.2, 0.25) is 4.86 Å². The fourth-order valence-corrected chi connectivity index (χ4v) is 1.98. The average Bonchev–Trinajstić information content (AvgIpc) is 1.68. The Morgan fingerprint density at radius 2 is 2.43 bits per heavy atom. The molecular formula is C4H8BIP. The van der Waals surface area contributed by atoms with Crippen molar-refractivity contribution in [1.29, 1.82) is 0 Å². The van der Waals surface area contributed by atoms with Gasteiger partial charge in [-0.1, -0.05) is 11.4 Å². The minimum absolute atomic E-state index is 0.911. The lowest BCUT2D eigenvalue weighted by atomic mass is 10.6. The summed E-state index contributed by atoms with van der Waals surface area (Å²) in [7, 11) is 0.911. The van der Waals surface area contributed by atoms with E-state index in [0.29, 0.717) is 0 Å². The van der Waals surface area contributed by atoms with Crippen molar-refractivity contribution in [2.45, 2.75) is 13.8 Å². The van der Waals surface area contributed by atoms with E-state index >= 15 is 0 Å². The minimum Gasteiger partial charge on any atom is -0.151 e. The zero-order valence-electron chi connectivity index (χ0n) is 4.53. The SMILES string of the molecule is C/C=C(\C)P[B]I. The number of hydrogen-bond donors (Lipinski definition) is 0. The third-order valence-electron chi connectivity index (χ3n) is 0.715. The van der Waals surface area contributed by atoms with Gasteiger partial charge in [-0.2, -0.15) is 22.4 Å². The molecule has 1 atom stereocenters. The van der Waals surface area contributed by atoms with Gasteiger partial charge < -0.3 is 0 Å². The van der Waals surface area contributed by atoms with Gasteiger partial charge in [0, 0.05) is 0 Å². The average molecular weight is 225 g/mol. The van der Waals surface area contributed by atoms with Crippen LogP contribution in [0.3, 0.4) is 0 Å². The van der Waals surface area contributed by atoms with E-state index in [0.717, 1.165) is 8.46 Å². The van der Waals surface area contributed by atoms with E-state index in [1.54, 1.807) is 0 Å². The van der Waals surface area contributed by atoms with Gasteiger partial charge in [-0.15, -0.1) is 8.46 Å². The molecule has 0 N–H and O–H groups in total. The van der Waals surface area contributed by atoms with Gasteiger partial charge in [0.1, 0.15) is 0 Å². The lowest BCUT2D eigenvalue weighted by Crippen LogP contribution is -1.61. The van der Waals surface area contributed by atoms with Crippen LogP contribution in [0.5, 0.6) is 0 Å². The Hall–Kier alpha value is 0.965. The third-order valence-corrected chi connectivity index (χ3v) is 2.50. The summed E-state index contributed by atoms with van der Waals surface area (Å²) < 4.78 is 0. The van der Waals surface area contributed by atoms with Gasteiger partial charge in [-0.3, -0.25) is 0 Å². The Kier molecular flexibility index (Phi) is 5.81. The van der Waals surface area contributed by atoms with Crippen molar-refractivity contribution >= 4 is 35.7 Å². The van der Waals surface area contributed by atoms with Crippen molar-refractivity contribution in [2.75, 3.05) is 0 Å². The quantitative estimate of drug-likeness (QED) is 0.384. The predicted octanol–water partition coefficient (Wildman–Crippen LogP) is 2.56. The van der Waals surface area contributed by atoms with Crippen LogP contribution in [0, 0.1) is 0 Å². The maximum absolute atomic E-state index is 2.27. The first-order valence-electron chi connectivity index (χ1n) is 2.12. The Bertz CT molecular complexity index is 72.1. The molecule has 39 valence electrons. The van der Waals surface area contributed by atoms with Crippen molar-refractivity contribution in [3.8, 4) is 0 Å². The number of allylic oxidation sites excluding steroid dienone is 2. The predicted molar refractivity (Wildman–Crippen MR) is 47.5 cm³/mol. The van der Waals surface area contributed by atoms with Gasteiger partial charge in [-0.25, -0.2) is 0 Å². The van der Waals surface area contributed by atoms with Gasteiger partial charge in [0.15, 0.2) is 0 Å². The summed E-state index contributed by atoms with van der Waals surface area (Å²) >= 11 is 2.27. The summed E-state index contributed by atoms with van der Waals surface area (Å²) in [5, 5.41) is 1.47. The van der Waals surface area contributed by atoms with E-state index in [1.807, 2.05) is 0 Å². The van der Waals surface area contributed by atoms with Gasteiger partial charge in [-0.05, 0) is 13.8 Å². The molecule has 1 unspecified atom stereocenters. The van der Waals surface area contributed by atoms with E-state index < -0.39 is 0 Å². The highest BCUT2D eigenvalue weighted by atomic mass is 127. The molecular weight excluding hydrogens is 217 g/mol. The molecule has 0 aromatic carbocycles. The largest absolute Gasteiger partial charge is 0.234 e. The summed E-state index contributed by atoms with van der Waals surface area (Å²) in [4.78, 5) is 2.16. The van der Waals surface area contributed by atoms with Crippen LogP contribution in [0.4, 0.5) is 0 Å². The van der Waals surface area contributed by atoms with Gasteiger partial charge in [0.05, 0.1) is 0 Å². The Morgan fingerprint density at radius 1 is 1.86 bits per heavy atom. The molecule has 0 spiro atoms. The molecule has 0 aromatic heterocycles. The number of rotatable bonds is 2. The fourth-order valence-electron chi connectivity index (χ4n) is 0.169. The first-order valence-corrected chi connectivity index (χ1v) is 4.45. The highest BCUT2D eigenvalue weighted by Gasteiger charge is 1.82. The van der Waals surface area contributed by atoms with Crippen LogP contribution in [-0.2, 0) is 0 Å². The molecule has 1 radical (unpaired) electrons. The first kappa shape index (κ1) is 7.96. The molecule has 0 fully saturated rings. The fraction of sp³-hybridized carbons (Fsp3) is 0.500. The molecule has 0 amide bonds. The molecule has 0 nitrogen and oxygen atoms in total. The first-order chi connectivity index (χ1) is 3.31. The maximum atomic E-state index is 2.27. The summed E-state index contributed by atoms with van der Waals surface area (Å²) in [6.07, 6.45) is 2.15. The Morgan fingerprint density at radius 3 is 2.57 bits per heavy atom. The van der Waals surface area contributed by atoms with Crippen LogP contribution < -0.4 is 0 Å².